The quantitative estimate of drug-likeness (QED) is 0.286. The summed E-state index contributed by atoms with van der Waals surface area (Å²) in [6.07, 6.45) is 1.62. The summed E-state index contributed by atoms with van der Waals surface area (Å²) in [5, 5.41) is 11.3. The van der Waals surface area contributed by atoms with Gasteiger partial charge in [-0.1, -0.05) is 45.0 Å². The first kappa shape index (κ1) is 26.5. The van der Waals surface area contributed by atoms with E-state index in [1.54, 1.807) is 23.1 Å². The van der Waals surface area contributed by atoms with Gasteiger partial charge in [-0.3, -0.25) is 9.59 Å². The maximum Gasteiger partial charge on any atom is 0.295 e. The van der Waals surface area contributed by atoms with E-state index in [0.717, 1.165) is 36.3 Å². The number of aliphatic hydroxyl groups is 1. The zero-order chi connectivity index (χ0) is 25.7. The highest BCUT2D eigenvalue weighted by Gasteiger charge is 2.45. The van der Waals surface area contributed by atoms with Crippen molar-refractivity contribution in [3.63, 3.8) is 0 Å². The number of carbonyl (C=O) groups is 2. The Morgan fingerprint density at radius 3 is 2.37 bits per heavy atom. The van der Waals surface area contributed by atoms with Crippen LogP contribution in [0.3, 0.4) is 0 Å². The van der Waals surface area contributed by atoms with Gasteiger partial charge in [0, 0.05) is 12.1 Å². The van der Waals surface area contributed by atoms with Gasteiger partial charge in [-0.05, 0) is 81.2 Å². The van der Waals surface area contributed by atoms with Crippen molar-refractivity contribution in [2.45, 2.75) is 52.5 Å². The SMILES string of the molecule is CCCOc1ccc(/C(O)=C2\C(=O)C(=O)N(CCCN(C)C)C2c2ccc(C(C)C)cc2)cc1C. The molecular formula is C29H38N2O4. The fourth-order valence-electron chi connectivity index (χ4n) is 4.40. The number of amides is 1. The second-order valence-electron chi connectivity index (χ2n) is 9.80. The minimum absolute atomic E-state index is 0.138. The molecule has 1 fully saturated rings. The predicted molar refractivity (Wildman–Crippen MR) is 140 cm³/mol. The minimum Gasteiger partial charge on any atom is -0.507 e. The molecule has 1 N–H and O–H groups in total. The lowest BCUT2D eigenvalue weighted by atomic mass is 9.93. The largest absolute Gasteiger partial charge is 0.507 e. The maximum atomic E-state index is 13.2. The average molecular weight is 479 g/mol. The Labute approximate surface area is 209 Å². The van der Waals surface area contributed by atoms with Gasteiger partial charge in [-0.2, -0.15) is 0 Å². The van der Waals surface area contributed by atoms with E-state index < -0.39 is 17.7 Å². The van der Waals surface area contributed by atoms with Gasteiger partial charge in [-0.25, -0.2) is 0 Å². The molecule has 1 heterocycles. The van der Waals surface area contributed by atoms with Crippen LogP contribution in [-0.2, 0) is 9.59 Å². The number of hydrogen-bond donors (Lipinski definition) is 1. The normalized spacial score (nSPS) is 17.6. The molecule has 0 saturated carbocycles. The number of Topliss-reactive ketones (excluding diaryl/α,β-unsaturated/α-hetero) is 1. The molecule has 188 valence electrons. The van der Waals surface area contributed by atoms with Crippen molar-refractivity contribution in [2.75, 3.05) is 33.8 Å². The van der Waals surface area contributed by atoms with Crippen molar-refractivity contribution in [2.24, 2.45) is 0 Å². The van der Waals surface area contributed by atoms with Crippen LogP contribution in [0.25, 0.3) is 5.76 Å². The fourth-order valence-corrected chi connectivity index (χ4v) is 4.40. The van der Waals surface area contributed by atoms with Crippen LogP contribution in [0.2, 0.25) is 0 Å². The van der Waals surface area contributed by atoms with Gasteiger partial charge in [0.1, 0.15) is 11.5 Å². The minimum atomic E-state index is -0.644. The first-order chi connectivity index (χ1) is 16.6. The van der Waals surface area contributed by atoms with E-state index in [-0.39, 0.29) is 11.3 Å². The Hall–Kier alpha value is -3.12. The molecule has 2 aromatic carbocycles. The lowest BCUT2D eigenvalue weighted by Crippen LogP contribution is -2.32. The van der Waals surface area contributed by atoms with Gasteiger partial charge in [0.2, 0.25) is 0 Å². The topological polar surface area (TPSA) is 70.1 Å². The van der Waals surface area contributed by atoms with Crippen molar-refractivity contribution < 1.29 is 19.4 Å². The van der Waals surface area contributed by atoms with Gasteiger partial charge in [-0.15, -0.1) is 0 Å². The molecule has 6 heteroatoms. The van der Waals surface area contributed by atoms with Crippen molar-refractivity contribution in [1.29, 1.82) is 0 Å². The summed E-state index contributed by atoms with van der Waals surface area (Å²) in [7, 11) is 3.96. The third-order valence-electron chi connectivity index (χ3n) is 6.37. The molecule has 0 radical (unpaired) electrons. The van der Waals surface area contributed by atoms with E-state index in [4.69, 9.17) is 4.74 Å². The van der Waals surface area contributed by atoms with Crippen molar-refractivity contribution >= 4 is 17.4 Å². The Balaban J connectivity index is 2.06. The smallest absolute Gasteiger partial charge is 0.295 e. The van der Waals surface area contributed by atoms with Crippen LogP contribution < -0.4 is 4.74 Å². The van der Waals surface area contributed by atoms with E-state index >= 15 is 0 Å². The molecule has 35 heavy (non-hydrogen) atoms. The molecular weight excluding hydrogens is 440 g/mol. The molecule has 1 aliphatic heterocycles. The number of aliphatic hydroxyl groups excluding tert-OH is 1. The highest BCUT2D eigenvalue weighted by Crippen LogP contribution is 2.40. The van der Waals surface area contributed by atoms with Crippen molar-refractivity contribution in [1.82, 2.24) is 9.80 Å². The van der Waals surface area contributed by atoms with E-state index in [1.807, 2.05) is 57.1 Å². The number of hydrogen-bond acceptors (Lipinski definition) is 5. The third-order valence-corrected chi connectivity index (χ3v) is 6.37. The molecule has 3 rings (SSSR count). The van der Waals surface area contributed by atoms with E-state index in [0.29, 0.717) is 24.6 Å². The number of aryl methyl sites for hydroxylation is 1. The fraction of sp³-hybridized carbons (Fsp3) is 0.448. The molecule has 1 unspecified atom stereocenters. The molecule has 0 aromatic heterocycles. The van der Waals surface area contributed by atoms with Crippen LogP contribution in [0.4, 0.5) is 0 Å². The number of ether oxygens (including phenoxy) is 1. The Morgan fingerprint density at radius 2 is 1.80 bits per heavy atom. The number of rotatable bonds is 10. The lowest BCUT2D eigenvalue weighted by Gasteiger charge is -2.26. The van der Waals surface area contributed by atoms with Gasteiger partial charge in [0.05, 0.1) is 18.2 Å². The molecule has 1 amide bonds. The third kappa shape index (κ3) is 5.93. The highest BCUT2D eigenvalue weighted by molar-refractivity contribution is 6.46. The molecule has 1 aliphatic rings. The molecule has 6 nitrogen and oxygen atoms in total. The predicted octanol–water partition coefficient (Wildman–Crippen LogP) is 5.28. The number of nitrogens with zero attached hydrogens (tertiary/aromatic N) is 2. The zero-order valence-corrected chi connectivity index (χ0v) is 21.8. The molecule has 2 aromatic rings. The second kappa shape index (κ2) is 11.5. The summed E-state index contributed by atoms with van der Waals surface area (Å²) in [5.74, 6) is -0.251. The summed E-state index contributed by atoms with van der Waals surface area (Å²) in [6.45, 7) is 10.0. The van der Waals surface area contributed by atoms with E-state index in [9.17, 15) is 14.7 Å². The van der Waals surface area contributed by atoms with E-state index in [2.05, 4.69) is 13.8 Å². The summed E-state index contributed by atoms with van der Waals surface area (Å²) in [5.41, 5.74) is 3.50. The first-order valence-electron chi connectivity index (χ1n) is 12.4. The second-order valence-corrected chi connectivity index (χ2v) is 9.80. The van der Waals surface area contributed by atoms with Crippen molar-refractivity contribution in [3.8, 4) is 5.75 Å². The summed E-state index contributed by atoms with van der Waals surface area (Å²) in [6, 6.07) is 12.7. The molecule has 1 saturated heterocycles. The van der Waals surface area contributed by atoms with Gasteiger partial charge in [0.15, 0.2) is 0 Å². The Bertz CT molecular complexity index is 1090. The van der Waals surface area contributed by atoms with Gasteiger partial charge < -0.3 is 19.6 Å². The number of carbonyl (C=O) groups excluding carboxylic acids is 2. The highest BCUT2D eigenvalue weighted by atomic mass is 16.5. The van der Waals surface area contributed by atoms with Crippen LogP contribution in [-0.4, -0.2) is 60.4 Å². The van der Waals surface area contributed by atoms with Gasteiger partial charge in [0.25, 0.3) is 11.7 Å². The summed E-state index contributed by atoms with van der Waals surface area (Å²) < 4.78 is 5.75. The molecule has 0 spiro atoms. The zero-order valence-electron chi connectivity index (χ0n) is 21.8. The number of ketones is 1. The molecule has 0 aliphatic carbocycles. The Morgan fingerprint density at radius 1 is 1.11 bits per heavy atom. The number of likely N-dealkylation sites (tertiary alicyclic amines) is 1. The van der Waals surface area contributed by atoms with Crippen LogP contribution in [0, 0.1) is 6.92 Å². The summed E-state index contributed by atoms with van der Waals surface area (Å²) >= 11 is 0. The van der Waals surface area contributed by atoms with Gasteiger partial charge >= 0.3 is 0 Å². The van der Waals surface area contributed by atoms with Crippen molar-refractivity contribution in [3.05, 3.63) is 70.3 Å². The first-order valence-corrected chi connectivity index (χ1v) is 12.4. The summed E-state index contributed by atoms with van der Waals surface area (Å²) in [4.78, 5) is 30.0. The van der Waals surface area contributed by atoms with Crippen LogP contribution >= 0.6 is 0 Å². The standard InChI is InChI=1S/C29H38N2O4/c1-7-17-35-24-14-13-23(18-20(24)4)27(32)25-26(22-11-9-21(10-12-22)19(2)3)31(29(34)28(25)33)16-8-15-30(5)6/h9-14,18-19,26,32H,7-8,15-17H2,1-6H3/b27-25+. The molecule has 1 atom stereocenters. The van der Waals surface area contributed by atoms with Crippen LogP contribution in [0.15, 0.2) is 48.0 Å². The number of benzene rings is 2. The Kier molecular flexibility index (Phi) is 8.73. The maximum absolute atomic E-state index is 13.2. The van der Waals surface area contributed by atoms with Crippen LogP contribution in [0.1, 0.15) is 67.8 Å². The average Bonchev–Trinajstić information content (AvgIpc) is 3.07. The van der Waals surface area contributed by atoms with E-state index in [1.165, 1.54) is 5.56 Å². The molecule has 0 bridgehead atoms. The van der Waals surface area contributed by atoms with Crippen LogP contribution in [0.5, 0.6) is 5.75 Å². The lowest BCUT2D eigenvalue weighted by molar-refractivity contribution is -0.139. The monoisotopic (exact) mass is 478 g/mol.